The number of rotatable bonds is 7. The molecule has 0 N–H and O–H groups in total. The van der Waals surface area contributed by atoms with Crippen molar-refractivity contribution in [2.24, 2.45) is 0 Å². The van der Waals surface area contributed by atoms with Gasteiger partial charge in [-0.05, 0) is 127 Å². The van der Waals surface area contributed by atoms with Gasteiger partial charge in [0.15, 0.2) is 0 Å². The van der Waals surface area contributed by atoms with Crippen molar-refractivity contribution in [1.82, 2.24) is 0 Å². The van der Waals surface area contributed by atoms with E-state index in [1.54, 1.807) is 0 Å². The first kappa shape index (κ1) is 37.3. The summed E-state index contributed by atoms with van der Waals surface area (Å²) in [5, 5.41) is 5.17. The third-order valence-corrected chi connectivity index (χ3v) is 14.4. The Bertz CT molecular complexity index is 3530. The first-order chi connectivity index (χ1) is 31.0. The summed E-state index contributed by atoms with van der Waals surface area (Å²) >= 11 is 1.86. The van der Waals surface area contributed by atoms with E-state index in [1.807, 2.05) is 11.3 Å². The SMILES string of the molecule is CC1(C)c2cc(-c3cccc4ccccc34)ccc2-c2ccc(N(c3cccc(-c4ccc5sc6ccccc6c5c4)c3)c3ccccc3-c3ccc(-c4ccccc4)cc3)cc21. The Kier molecular flexibility index (Phi) is 8.77. The van der Waals surface area contributed by atoms with E-state index >= 15 is 0 Å². The fourth-order valence-corrected chi connectivity index (χ4v) is 11.1. The van der Waals surface area contributed by atoms with Gasteiger partial charge in [0.1, 0.15) is 0 Å². The van der Waals surface area contributed by atoms with E-state index < -0.39 is 0 Å². The van der Waals surface area contributed by atoms with Crippen molar-refractivity contribution in [1.29, 1.82) is 0 Å². The Morgan fingerprint density at radius 2 is 0.905 bits per heavy atom. The topological polar surface area (TPSA) is 3.24 Å². The van der Waals surface area contributed by atoms with Crippen LogP contribution in [-0.4, -0.2) is 0 Å². The lowest BCUT2D eigenvalue weighted by molar-refractivity contribution is 0.660. The van der Waals surface area contributed by atoms with Crippen LogP contribution < -0.4 is 4.90 Å². The highest BCUT2D eigenvalue weighted by molar-refractivity contribution is 7.25. The average molecular weight is 822 g/mol. The first-order valence-electron chi connectivity index (χ1n) is 21.8. The van der Waals surface area contributed by atoms with Crippen molar-refractivity contribution in [3.05, 3.63) is 236 Å². The predicted octanol–water partition coefficient (Wildman–Crippen LogP) is 17.7. The van der Waals surface area contributed by atoms with Gasteiger partial charge < -0.3 is 4.90 Å². The van der Waals surface area contributed by atoms with Crippen LogP contribution in [-0.2, 0) is 5.41 Å². The molecular formula is C61H43NS. The maximum atomic E-state index is 2.48. The molecule has 63 heavy (non-hydrogen) atoms. The number of anilines is 3. The van der Waals surface area contributed by atoms with Crippen molar-refractivity contribution in [2.45, 2.75) is 19.3 Å². The molecule has 1 aliphatic rings. The third-order valence-electron chi connectivity index (χ3n) is 13.3. The number of para-hydroxylation sites is 1. The molecule has 0 atom stereocenters. The van der Waals surface area contributed by atoms with Crippen LogP contribution in [0.15, 0.2) is 224 Å². The highest BCUT2D eigenvalue weighted by atomic mass is 32.1. The lowest BCUT2D eigenvalue weighted by atomic mass is 9.81. The zero-order valence-corrected chi connectivity index (χ0v) is 36.0. The molecule has 0 unspecified atom stereocenters. The van der Waals surface area contributed by atoms with Gasteiger partial charge >= 0.3 is 0 Å². The standard InChI is InChI=1S/C61H43NS/c1-61(2)56-38-46(50-23-13-17-42-16-6-7-20-49(42)50)30-33-52(56)53-34-32-48(39-57(53)61)62(58-24-10-8-21-51(58)43-28-26-41(27-29-43)40-14-4-3-5-15-40)47-19-12-18-44(36-47)45-31-35-60-55(37-45)54-22-9-11-25-59(54)63-60/h3-39H,1-2H3. The molecule has 2 heteroatoms. The highest BCUT2D eigenvalue weighted by Gasteiger charge is 2.36. The number of fused-ring (bicyclic) bond motifs is 7. The lowest BCUT2D eigenvalue weighted by Gasteiger charge is -2.30. The monoisotopic (exact) mass is 821 g/mol. The molecular weight excluding hydrogens is 779 g/mol. The normalized spacial score (nSPS) is 12.7. The maximum absolute atomic E-state index is 2.48. The van der Waals surface area contributed by atoms with Crippen LogP contribution in [0.1, 0.15) is 25.0 Å². The lowest BCUT2D eigenvalue weighted by Crippen LogP contribution is -2.17. The predicted molar refractivity (Wildman–Crippen MR) is 271 cm³/mol. The van der Waals surface area contributed by atoms with E-state index in [0.717, 1.165) is 17.1 Å². The summed E-state index contributed by atoms with van der Waals surface area (Å²) in [7, 11) is 0. The summed E-state index contributed by atoms with van der Waals surface area (Å²) in [5.74, 6) is 0. The molecule has 1 heterocycles. The largest absolute Gasteiger partial charge is 0.310 e. The Morgan fingerprint density at radius 3 is 1.78 bits per heavy atom. The Hall–Kier alpha value is -7.52. The Morgan fingerprint density at radius 1 is 0.333 bits per heavy atom. The quantitative estimate of drug-likeness (QED) is 0.155. The molecule has 10 aromatic carbocycles. The number of nitrogens with zero attached hydrogens (tertiary/aromatic N) is 1. The van der Waals surface area contributed by atoms with E-state index in [4.69, 9.17) is 0 Å². The molecule has 1 aliphatic carbocycles. The van der Waals surface area contributed by atoms with Gasteiger partial charge in [0.2, 0.25) is 0 Å². The molecule has 0 saturated heterocycles. The smallest absolute Gasteiger partial charge is 0.0540 e. The van der Waals surface area contributed by atoms with Crippen LogP contribution in [0.25, 0.3) is 86.6 Å². The minimum Gasteiger partial charge on any atom is -0.310 e. The van der Waals surface area contributed by atoms with Crippen LogP contribution in [0.3, 0.4) is 0 Å². The molecule has 1 aromatic heterocycles. The summed E-state index contributed by atoms with van der Waals surface area (Å²) < 4.78 is 2.64. The second kappa shape index (κ2) is 14.8. The first-order valence-corrected chi connectivity index (χ1v) is 22.6. The van der Waals surface area contributed by atoms with Crippen LogP contribution in [0.4, 0.5) is 17.1 Å². The molecule has 0 amide bonds. The van der Waals surface area contributed by atoms with Crippen molar-refractivity contribution < 1.29 is 0 Å². The van der Waals surface area contributed by atoms with Gasteiger partial charge in [0.25, 0.3) is 0 Å². The molecule has 0 bridgehead atoms. The molecule has 0 radical (unpaired) electrons. The summed E-state index contributed by atoms with van der Waals surface area (Å²) in [6, 6.07) is 83.0. The maximum Gasteiger partial charge on any atom is 0.0540 e. The van der Waals surface area contributed by atoms with Gasteiger partial charge in [-0.1, -0.05) is 184 Å². The molecule has 0 spiro atoms. The second-order valence-electron chi connectivity index (χ2n) is 17.3. The number of benzene rings is 10. The minimum atomic E-state index is -0.222. The molecule has 298 valence electrons. The summed E-state index contributed by atoms with van der Waals surface area (Å²) in [6.45, 7) is 4.79. The number of thiophene rings is 1. The summed E-state index contributed by atoms with van der Waals surface area (Å²) in [5.41, 5.74) is 18.2. The average Bonchev–Trinajstić information content (AvgIpc) is 3.82. The molecule has 1 nitrogen and oxygen atoms in total. The summed E-state index contributed by atoms with van der Waals surface area (Å²) in [6.07, 6.45) is 0. The second-order valence-corrected chi connectivity index (χ2v) is 18.4. The van der Waals surface area contributed by atoms with E-state index in [0.29, 0.717) is 0 Å². The van der Waals surface area contributed by atoms with E-state index in [1.165, 1.54) is 97.7 Å². The molecule has 0 saturated carbocycles. The van der Waals surface area contributed by atoms with Crippen LogP contribution in [0, 0.1) is 0 Å². The Balaban J connectivity index is 1.00. The number of hydrogen-bond donors (Lipinski definition) is 0. The highest BCUT2D eigenvalue weighted by Crippen LogP contribution is 2.53. The third kappa shape index (κ3) is 6.29. The fraction of sp³-hybridized carbons (Fsp3) is 0.0492. The van der Waals surface area contributed by atoms with Crippen molar-refractivity contribution >= 4 is 59.3 Å². The van der Waals surface area contributed by atoms with Gasteiger partial charge in [0, 0.05) is 42.5 Å². The Labute approximate surface area is 372 Å². The van der Waals surface area contributed by atoms with Gasteiger partial charge in [-0.25, -0.2) is 0 Å². The zero-order valence-electron chi connectivity index (χ0n) is 35.2. The van der Waals surface area contributed by atoms with E-state index in [-0.39, 0.29) is 5.41 Å². The van der Waals surface area contributed by atoms with Gasteiger partial charge in [-0.3, -0.25) is 0 Å². The number of hydrogen-bond acceptors (Lipinski definition) is 2. The minimum absolute atomic E-state index is 0.222. The van der Waals surface area contributed by atoms with E-state index in [2.05, 4.69) is 243 Å². The van der Waals surface area contributed by atoms with Gasteiger partial charge in [0.05, 0.1) is 5.69 Å². The molecule has 0 aliphatic heterocycles. The zero-order chi connectivity index (χ0) is 42.1. The van der Waals surface area contributed by atoms with Crippen molar-refractivity contribution in [3.63, 3.8) is 0 Å². The molecule has 11 aromatic rings. The van der Waals surface area contributed by atoms with E-state index in [9.17, 15) is 0 Å². The van der Waals surface area contributed by atoms with Gasteiger partial charge in [-0.2, -0.15) is 0 Å². The fourth-order valence-electron chi connectivity index (χ4n) is 10.1. The molecule has 0 fully saturated rings. The van der Waals surface area contributed by atoms with Crippen molar-refractivity contribution in [3.8, 4) is 55.6 Å². The van der Waals surface area contributed by atoms with Crippen LogP contribution in [0.5, 0.6) is 0 Å². The molecule has 12 rings (SSSR count). The van der Waals surface area contributed by atoms with Crippen LogP contribution in [0.2, 0.25) is 0 Å². The van der Waals surface area contributed by atoms with Crippen molar-refractivity contribution in [2.75, 3.05) is 4.90 Å². The van der Waals surface area contributed by atoms with Crippen LogP contribution >= 0.6 is 11.3 Å². The summed E-state index contributed by atoms with van der Waals surface area (Å²) in [4.78, 5) is 2.48. The van der Waals surface area contributed by atoms with Gasteiger partial charge in [-0.15, -0.1) is 11.3 Å².